The first kappa shape index (κ1) is 9.89. The Balaban J connectivity index is 2.03. The number of anilines is 1. The number of carbonyl (C=O) groups excluding carboxylic acids is 1. The largest absolute Gasteiger partial charge is 0.334 e. The van der Waals surface area contributed by atoms with Crippen LogP contribution in [-0.4, -0.2) is 15.8 Å². The Bertz CT molecular complexity index is 588. The van der Waals surface area contributed by atoms with Gasteiger partial charge in [-0.3, -0.25) is 4.68 Å². The van der Waals surface area contributed by atoms with Crippen LogP contribution in [-0.2, 0) is 13.6 Å². The highest BCUT2D eigenvalue weighted by atomic mass is 16.2. The number of carbonyl (C=O) groups is 1. The lowest BCUT2D eigenvalue weighted by Crippen LogP contribution is -2.33. The fourth-order valence-electron chi connectivity index (χ4n) is 1.94. The van der Waals surface area contributed by atoms with Crippen molar-refractivity contribution in [2.75, 3.05) is 5.32 Å². The quantitative estimate of drug-likeness (QED) is 0.780. The van der Waals surface area contributed by atoms with Crippen molar-refractivity contribution >= 4 is 11.7 Å². The molecule has 1 aliphatic heterocycles. The molecule has 2 N–H and O–H groups in total. The van der Waals surface area contributed by atoms with Crippen molar-refractivity contribution in [1.82, 2.24) is 15.1 Å². The van der Waals surface area contributed by atoms with Gasteiger partial charge in [-0.15, -0.1) is 0 Å². The smallest absolute Gasteiger partial charge is 0.319 e. The highest BCUT2D eigenvalue weighted by Crippen LogP contribution is 2.26. The molecule has 86 valence electrons. The first-order valence-corrected chi connectivity index (χ1v) is 5.39. The number of nitrogens with one attached hydrogen (secondary N) is 2. The van der Waals surface area contributed by atoms with Crippen molar-refractivity contribution in [2.45, 2.75) is 6.54 Å². The first-order valence-electron chi connectivity index (χ1n) is 5.39. The van der Waals surface area contributed by atoms with Crippen LogP contribution in [0.15, 0.2) is 30.6 Å². The normalized spacial score (nSPS) is 13.8. The Morgan fingerprint density at radius 3 is 3.00 bits per heavy atom. The summed E-state index contributed by atoms with van der Waals surface area (Å²) in [6.45, 7) is 0.578. The fraction of sp³-hybridized carbons (Fsp3) is 0.167. The molecular weight excluding hydrogens is 216 g/mol. The molecule has 2 heterocycles. The van der Waals surface area contributed by atoms with Gasteiger partial charge in [-0.2, -0.15) is 5.10 Å². The van der Waals surface area contributed by atoms with E-state index in [1.165, 1.54) is 0 Å². The van der Waals surface area contributed by atoms with Gasteiger partial charge in [-0.1, -0.05) is 12.1 Å². The van der Waals surface area contributed by atoms with Crippen LogP contribution in [0.25, 0.3) is 11.1 Å². The zero-order chi connectivity index (χ0) is 11.8. The molecule has 3 rings (SSSR count). The molecule has 0 unspecified atom stereocenters. The third-order valence-electron chi connectivity index (χ3n) is 2.84. The summed E-state index contributed by atoms with van der Waals surface area (Å²) in [4.78, 5) is 11.2. The number of aromatic nitrogens is 2. The van der Waals surface area contributed by atoms with Gasteiger partial charge >= 0.3 is 6.03 Å². The molecular formula is C12H12N4O. The lowest BCUT2D eigenvalue weighted by molar-refractivity contribution is 0.251. The van der Waals surface area contributed by atoms with E-state index in [-0.39, 0.29) is 6.03 Å². The molecule has 2 aromatic rings. The number of aryl methyl sites for hydroxylation is 1. The SMILES string of the molecule is Cn1cc(-c2ccc3c(c2)NC(=O)NC3)cn1. The lowest BCUT2D eigenvalue weighted by Gasteiger charge is -2.18. The zero-order valence-corrected chi connectivity index (χ0v) is 9.40. The first-order chi connectivity index (χ1) is 8.22. The van der Waals surface area contributed by atoms with Gasteiger partial charge in [0, 0.05) is 31.0 Å². The average Bonchev–Trinajstić information content (AvgIpc) is 2.75. The number of amides is 2. The van der Waals surface area contributed by atoms with Crippen LogP contribution in [0.1, 0.15) is 5.56 Å². The predicted molar refractivity (Wildman–Crippen MR) is 64.5 cm³/mol. The Morgan fingerprint density at radius 1 is 1.35 bits per heavy atom. The van der Waals surface area contributed by atoms with Gasteiger partial charge in [0.05, 0.1) is 6.20 Å². The number of nitrogens with zero attached hydrogens (tertiary/aromatic N) is 2. The number of hydrogen-bond donors (Lipinski definition) is 2. The van der Waals surface area contributed by atoms with Crippen LogP contribution in [0.5, 0.6) is 0 Å². The molecule has 0 saturated heterocycles. The van der Waals surface area contributed by atoms with E-state index in [0.29, 0.717) is 6.54 Å². The van der Waals surface area contributed by atoms with E-state index >= 15 is 0 Å². The summed E-state index contributed by atoms with van der Waals surface area (Å²) in [5.41, 5.74) is 4.06. The molecule has 1 aromatic carbocycles. The van der Waals surface area contributed by atoms with Gasteiger partial charge in [-0.25, -0.2) is 4.79 Å². The van der Waals surface area contributed by atoms with Crippen molar-refractivity contribution in [3.05, 3.63) is 36.2 Å². The molecule has 5 nitrogen and oxygen atoms in total. The summed E-state index contributed by atoms with van der Waals surface area (Å²) in [5, 5.41) is 9.67. The van der Waals surface area contributed by atoms with Crippen LogP contribution < -0.4 is 10.6 Å². The third-order valence-corrected chi connectivity index (χ3v) is 2.84. The number of fused-ring (bicyclic) bond motifs is 1. The maximum atomic E-state index is 11.2. The number of hydrogen-bond acceptors (Lipinski definition) is 2. The standard InChI is InChI=1S/C12H12N4O/c1-16-7-10(6-14-16)8-2-3-9-5-13-12(17)15-11(9)4-8/h2-4,6-7H,5H2,1H3,(H2,13,15,17). The molecule has 0 spiro atoms. The van der Waals surface area contributed by atoms with E-state index in [2.05, 4.69) is 15.7 Å². The second-order valence-corrected chi connectivity index (χ2v) is 4.08. The second kappa shape index (κ2) is 3.62. The summed E-state index contributed by atoms with van der Waals surface area (Å²) in [6, 6.07) is 5.88. The van der Waals surface area contributed by atoms with E-state index in [1.54, 1.807) is 4.68 Å². The van der Waals surface area contributed by atoms with E-state index in [4.69, 9.17) is 0 Å². The minimum atomic E-state index is -0.152. The van der Waals surface area contributed by atoms with Crippen molar-refractivity contribution in [3.63, 3.8) is 0 Å². The van der Waals surface area contributed by atoms with Gasteiger partial charge < -0.3 is 10.6 Å². The minimum absolute atomic E-state index is 0.152. The lowest BCUT2D eigenvalue weighted by atomic mass is 10.0. The molecule has 0 atom stereocenters. The summed E-state index contributed by atoms with van der Waals surface area (Å²) >= 11 is 0. The molecule has 5 heteroatoms. The Kier molecular flexibility index (Phi) is 2.11. The van der Waals surface area contributed by atoms with Crippen molar-refractivity contribution in [1.29, 1.82) is 0 Å². The van der Waals surface area contributed by atoms with Gasteiger partial charge in [0.25, 0.3) is 0 Å². The highest BCUT2D eigenvalue weighted by molar-refractivity contribution is 5.93. The van der Waals surface area contributed by atoms with Crippen LogP contribution in [0, 0.1) is 0 Å². The van der Waals surface area contributed by atoms with Crippen LogP contribution in [0.3, 0.4) is 0 Å². The molecule has 1 aromatic heterocycles. The number of urea groups is 1. The van der Waals surface area contributed by atoms with Gasteiger partial charge in [0.15, 0.2) is 0 Å². The maximum absolute atomic E-state index is 11.2. The molecule has 2 amide bonds. The average molecular weight is 228 g/mol. The fourth-order valence-corrected chi connectivity index (χ4v) is 1.94. The van der Waals surface area contributed by atoms with E-state index in [9.17, 15) is 4.79 Å². The van der Waals surface area contributed by atoms with Crippen LogP contribution >= 0.6 is 0 Å². The van der Waals surface area contributed by atoms with Gasteiger partial charge in [0.2, 0.25) is 0 Å². The van der Waals surface area contributed by atoms with Crippen LogP contribution in [0.4, 0.5) is 10.5 Å². The third kappa shape index (κ3) is 1.75. The molecule has 0 bridgehead atoms. The van der Waals surface area contributed by atoms with Crippen molar-refractivity contribution in [2.24, 2.45) is 7.05 Å². The Labute approximate surface area is 98.4 Å². The highest BCUT2D eigenvalue weighted by Gasteiger charge is 2.14. The summed E-state index contributed by atoms with van der Waals surface area (Å²) < 4.78 is 1.76. The minimum Gasteiger partial charge on any atom is -0.334 e. The molecule has 0 radical (unpaired) electrons. The molecule has 17 heavy (non-hydrogen) atoms. The second-order valence-electron chi connectivity index (χ2n) is 4.08. The van der Waals surface area contributed by atoms with E-state index < -0.39 is 0 Å². The number of rotatable bonds is 1. The summed E-state index contributed by atoms with van der Waals surface area (Å²) in [5.74, 6) is 0. The maximum Gasteiger partial charge on any atom is 0.319 e. The topological polar surface area (TPSA) is 59.0 Å². The predicted octanol–water partition coefficient (Wildman–Crippen LogP) is 1.72. The van der Waals surface area contributed by atoms with E-state index in [0.717, 1.165) is 22.4 Å². The summed E-state index contributed by atoms with van der Waals surface area (Å²) in [6.07, 6.45) is 3.76. The monoisotopic (exact) mass is 228 g/mol. The summed E-state index contributed by atoms with van der Waals surface area (Å²) in [7, 11) is 1.88. The van der Waals surface area contributed by atoms with Gasteiger partial charge in [0.1, 0.15) is 0 Å². The Morgan fingerprint density at radius 2 is 2.24 bits per heavy atom. The van der Waals surface area contributed by atoms with Crippen LogP contribution in [0.2, 0.25) is 0 Å². The molecule has 0 saturated carbocycles. The zero-order valence-electron chi connectivity index (χ0n) is 9.40. The molecule has 0 aliphatic carbocycles. The number of benzene rings is 1. The molecule has 1 aliphatic rings. The Hall–Kier alpha value is -2.30. The van der Waals surface area contributed by atoms with Crippen molar-refractivity contribution < 1.29 is 4.79 Å². The van der Waals surface area contributed by atoms with E-state index in [1.807, 2.05) is 37.6 Å². The van der Waals surface area contributed by atoms with Crippen molar-refractivity contribution in [3.8, 4) is 11.1 Å². The molecule has 0 fully saturated rings. The van der Waals surface area contributed by atoms with Gasteiger partial charge in [-0.05, 0) is 17.2 Å².